The molecule has 2 fully saturated rings. The highest BCUT2D eigenvalue weighted by atomic mass is 16.5. The van der Waals surface area contributed by atoms with Crippen LogP contribution in [0.1, 0.15) is 38.3 Å². The molecule has 5 nitrogen and oxygen atoms in total. The number of benzene rings is 2. The number of carboxylic acid groups (broad SMARTS) is 1. The third-order valence-electron chi connectivity index (χ3n) is 6.35. The molecule has 0 radical (unpaired) electrons. The van der Waals surface area contributed by atoms with Gasteiger partial charge in [-0.25, -0.2) is 4.79 Å². The fraction of sp³-hybridized carbons (Fsp3) is 0.500. The van der Waals surface area contributed by atoms with Crippen molar-refractivity contribution >= 4 is 5.97 Å². The van der Waals surface area contributed by atoms with E-state index in [4.69, 9.17) is 9.47 Å². The number of nitrogens with zero attached hydrogens (tertiary/aromatic N) is 1. The number of fused-ring (bicyclic) bond motifs is 1. The van der Waals surface area contributed by atoms with E-state index in [-0.39, 0.29) is 5.41 Å². The van der Waals surface area contributed by atoms with E-state index in [1.165, 1.54) is 25.1 Å². The molecule has 1 heterocycles. The van der Waals surface area contributed by atoms with E-state index in [1.807, 2.05) is 48.5 Å². The number of piperidine rings is 1. The highest BCUT2D eigenvalue weighted by Gasteiger charge is 2.44. The number of aliphatic carboxylic acids is 1. The van der Waals surface area contributed by atoms with Crippen LogP contribution in [0.4, 0.5) is 0 Å². The summed E-state index contributed by atoms with van der Waals surface area (Å²) in [4.78, 5) is 14.2. The molecule has 2 aromatic rings. The molecule has 1 aliphatic heterocycles. The normalized spacial score (nSPS) is 21.4. The summed E-state index contributed by atoms with van der Waals surface area (Å²) in [6.45, 7) is 10.5. The second-order valence-corrected chi connectivity index (χ2v) is 9.93. The highest BCUT2D eigenvalue weighted by molar-refractivity contribution is 5.73. The van der Waals surface area contributed by atoms with Crippen LogP contribution >= 0.6 is 0 Å². The molecule has 1 saturated carbocycles. The van der Waals surface area contributed by atoms with Crippen molar-refractivity contribution in [1.29, 1.82) is 0 Å². The summed E-state index contributed by atoms with van der Waals surface area (Å²) < 4.78 is 11.6. The number of hydrogen-bond donors (Lipinski definition) is 1. The average Bonchev–Trinajstić information content (AvgIpc) is 3.34. The molecule has 1 N–H and O–H groups in total. The minimum atomic E-state index is -0.969. The molecule has 31 heavy (non-hydrogen) atoms. The van der Waals surface area contributed by atoms with Crippen LogP contribution in [0.3, 0.4) is 0 Å². The van der Waals surface area contributed by atoms with E-state index in [9.17, 15) is 9.90 Å². The van der Waals surface area contributed by atoms with Crippen molar-refractivity contribution in [1.82, 2.24) is 4.90 Å². The predicted octanol–water partition coefficient (Wildman–Crippen LogP) is 4.39. The molecule has 0 amide bonds. The maximum absolute atomic E-state index is 11.7. The highest BCUT2D eigenvalue weighted by Crippen LogP contribution is 2.44. The fourth-order valence-electron chi connectivity index (χ4n) is 4.28. The molecule has 2 aliphatic rings. The van der Waals surface area contributed by atoms with Gasteiger partial charge in [-0.3, -0.25) is 4.90 Å². The Labute approximate surface area is 185 Å². The van der Waals surface area contributed by atoms with Crippen LogP contribution in [-0.4, -0.2) is 48.3 Å². The number of ether oxygens (including phenoxy) is 2. The van der Waals surface area contributed by atoms with Gasteiger partial charge in [0.25, 0.3) is 0 Å². The Bertz CT molecular complexity index is 875. The van der Waals surface area contributed by atoms with Gasteiger partial charge in [0.1, 0.15) is 18.1 Å². The van der Waals surface area contributed by atoms with Crippen molar-refractivity contribution in [2.45, 2.75) is 45.1 Å². The summed E-state index contributed by atoms with van der Waals surface area (Å²) in [7, 11) is 0. The first kappa shape index (κ1) is 21.7. The van der Waals surface area contributed by atoms with Crippen LogP contribution in [0, 0.1) is 11.8 Å². The monoisotopic (exact) mass is 423 g/mol. The van der Waals surface area contributed by atoms with Crippen molar-refractivity contribution < 1.29 is 19.4 Å². The van der Waals surface area contributed by atoms with E-state index in [1.54, 1.807) is 0 Å². The second-order valence-electron chi connectivity index (χ2n) is 9.93. The van der Waals surface area contributed by atoms with Crippen molar-refractivity contribution in [3.63, 3.8) is 0 Å². The van der Waals surface area contributed by atoms with Gasteiger partial charge >= 0.3 is 5.97 Å². The maximum Gasteiger partial charge on any atom is 0.345 e. The number of hydrogen-bond acceptors (Lipinski definition) is 4. The molecule has 166 valence electrons. The number of likely N-dealkylation sites (tertiary alicyclic amines) is 1. The Morgan fingerprint density at radius 3 is 2.23 bits per heavy atom. The number of rotatable bonds is 9. The Balaban J connectivity index is 1.27. The van der Waals surface area contributed by atoms with E-state index in [0.717, 1.165) is 29.7 Å². The maximum atomic E-state index is 11.7. The standard InChI is InChI=1S/C26H33NO4/c1-26(2,3)21-6-10-23(11-7-21)31-24(25(28)29)14-18-4-8-22(9-5-18)30-13-12-27-16-19-15-20(19)17-27/h4-11,19-20,24H,12-17H2,1-3H3,(H,28,29)/t19?,20?,24-/m0/s1. The van der Waals surface area contributed by atoms with Crippen LogP contribution in [0.15, 0.2) is 48.5 Å². The molecule has 2 aromatic carbocycles. The summed E-state index contributed by atoms with van der Waals surface area (Å²) in [6.07, 6.45) is 0.781. The molecule has 1 aliphatic carbocycles. The molecular weight excluding hydrogens is 390 g/mol. The molecular formula is C26H33NO4. The van der Waals surface area contributed by atoms with Crippen LogP contribution in [-0.2, 0) is 16.6 Å². The minimum Gasteiger partial charge on any atom is -0.492 e. The molecule has 5 heteroatoms. The van der Waals surface area contributed by atoms with Crippen molar-refractivity contribution in [2.75, 3.05) is 26.2 Å². The molecule has 4 rings (SSSR count). The van der Waals surface area contributed by atoms with Gasteiger partial charge < -0.3 is 14.6 Å². The lowest BCUT2D eigenvalue weighted by molar-refractivity contribution is -0.145. The summed E-state index contributed by atoms with van der Waals surface area (Å²) >= 11 is 0. The van der Waals surface area contributed by atoms with Crippen LogP contribution in [0.5, 0.6) is 11.5 Å². The molecule has 1 saturated heterocycles. The van der Waals surface area contributed by atoms with E-state index >= 15 is 0 Å². The van der Waals surface area contributed by atoms with Crippen molar-refractivity contribution in [3.8, 4) is 11.5 Å². The van der Waals surface area contributed by atoms with Gasteiger partial charge in [0.2, 0.25) is 0 Å². The van der Waals surface area contributed by atoms with Gasteiger partial charge in [-0.05, 0) is 59.1 Å². The van der Waals surface area contributed by atoms with E-state index in [2.05, 4.69) is 25.7 Å². The van der Waals surface area contributed by atoms with E-state index < -0.39 is 12.1 Å². The smallest absolute Gasteiger partial charge is 0.345 e. The Morgan fingerprint density at radius 1 is 1.03 bits per heavy atom. The largest absolute Gasteiger partial charge is 0.492 e. The first-order valence-corrected chi connectivity index (χ1v) is 11.2. The summed E-state index contributed by atoms with van der Waals surface area (Å²) in [6, 6.07) is 15.3. The third kappa shape index (κ3) is 5.79. The summed E-state index contributed by atoms with van der Waals surface area (Å²) in [5.74, 6) is 2.31. The number of carboxylic acids is 1. The topological polar surface area (TPSA) is 59.0 Å². The second kappa shape index (κ2) is 8.91. The van der Waals surface area contributed by atoms with Crippen molar-refractivity contribution in [3.05, 3.63) is 59.7 Å². The van der Waals surface area contributed by atoms with Gasteiger partial charge in [0.15, 0.2) is 6.10 Å². The van der Waals surface area contributed by atoms with E-state index in [0.29, 0.717) is 18.8 Å². The zero-order valence-electron chi connectivity index (χ0n) is 18.7. The van der Waals surface area contributed by atoms with Gasteiger partial charge in [-0.15, -0.1) is 0 Å². The molecule has 2 unspecified atom stereocenters. The molecule has 0 spiro atoms. The minimum absolute atomic E-state index is 0.0450. The Morgan fingerprint density at radius 2 is 1.65 bits per heavy atom. The molecule has 0 aromatic heterocycles. The lowest BCUT2D eigenvalue weighted by Crippen LogP contribution is -2.29. The van der Waals surface area contributed by atoms with Crippen molar-refractivity contribution in [2.24, 2.45) is 11.8 Å². The van der Waals surface area contributed by atoms with Gasteiger partial charge in [-0.1, -0.05) is 45.0 Å². The first-order valence-electron chi connectivity index (χ1n) is 11.2. The van der Waals surface area contributed by atoms with Gasteiger partial charge in [-0.2, -0.15) is 0 Å². The Kier molecular flexibility index (Phi) is 6.24. The van der Waals surface area contributed by atoms with Crippen LogP contribution in [0.25, 0.3) is 0 Å². The summed E-state index contributed by atoms with van der Waals surface area (Å²) in [5, 5.41) is 9.62. The van der Waals surface area contributed by atoms with Gasteiger partial charge in [0, 0.05) is 26.1 Å². The SMILES string of the molecule is CC(C)(C)c1ccc(O[C@@H](Cc2ccc(OCCN3CC4CC4C3)cc2)C(=O)O)cc1. The lowest BCUT2D eigenvalue weighted by Gasteiger charge is -2.20. The zero-order chi connectivity index (χ0) is 22.0. The van der Waals surface area contributed by atoms with Crippen LogP contribution in [0.2, 0.25) is 0 Å². The lowest BCUT2D eigenvalue weighted by atomic mass is 9.87. The first-order chi connectivity index (χ1) is 14.8. The fourth-order valence-corrected chi connectivity index (χ4v) is 4.28. The van der Waals surface area contributed by atoms with Crippen LogP contribution < -0.4 is 9.47 Å². The summed E-state index contributed by atoms with van der Waals surface area (Å²) in [5.41, 5.74) is 2.14. The zero-order valence-corrected chi connectivity index (χ0v) is 18.7. The Hall–Kier alpha value is -2.53. The predicted molar refractivity (Wildman–Crippen MR) is 121 cm³/mol. The number of carbonyl (C=O) groups is 1. The third-order valence-corrected chi connectivity index (χ3v) is 6.35. The molecule has 0 bridgehead atoms. The molecule has 3 atom stereocenters. The quantitative estimate of drug-likeness (QED) is 0.648. The average molecular weight is 424 g/mol. The van der Waals surface area contributed by atoms with Gasteiger partial charge in [0.05, 0.1) is 0 Å².